The van der Waals surface area contributed by atoms with Crippen molar-refractivity contribution in [3.8, 4) is 11.5 Å². The van der Waals surface area contributed by atoms with Crippen LogP contribution in [0.25, 0.3) is 6.08 Å². The average Bonchev–Trinajstić information content (AvgIpc) is 3.46. The van der Waals surface area contributed by atoms with Crippen molar-refractivity contribution in [3.63, 3.8) is 0 Å². The third-order valence-electron chi connectivity index (χ3n) is 9.14. The van der Waals surface area contributed by atoms with Crippen molar-refractivity contribution in [1.82, 2.24) is 0 Å². The van der Waals surface area contributed by atoms with E-state index in [1.165, 1.54) is 26.4 Å². The van der Waals surface area contributed by atoms with Gasteiger partial charge in [0.15, 0.2) is 28.8 Å². The van der Waals surface area contributed by atoms with Gasteiger partial charge in [-0.25, -0.2) is 4.39 Å². The van der Waals surface area contributed by atoms with Crippen LogP contribution in [0.1, 0.15) is 53.7 Å². The zero-order valence-corrected chi connectivity index (χ0v) is 23.8. The van der Waals surface area contributed by atoms with Crippen LogP contribution in [0.3, 0.4) is 0 Å². The molecule has 2 aliphatic heterocycles. The number of ketones is 3. The van der Waals surface area contributed by atoms with E-state index in [-0.39, 0.29) is 17.3 Å². The molecule has 6 nitrogen and oxygen atoms in total. The molecule has 1 fully saturated rings. The number of para-hydroxylation sites is 1. The monoisotopic (exact) mass is 573 g/mol. The van der Waals surface area contributed by atoms with Gasteiger partial charge in [0.25, 0.3) is 0 Å². The number of ether oxygens (including phenoxy) is 2. The number of hydrogen-bond donors (Lipinski definition) is 0. The summed E-state index contributed by atoms with van der Waals surface area (Å²) < 4.78 is 26.0. The van der Waals surface area contributed by atoms with E-state index in [4.69, 9.17) is 9.47 Å². The maximum Gasteiger partial charge on any atom is 0.185 e. The largest absolute Gasteiger partial charge is 0.493 e. The fourth-order valence-corrected chi connectivity index (χ4v) is 7.34. The van der Waals surface area contributed by atoms with Crippen LogP contribution in [0.15, 0.2) is 91.0 Å². The van der Waals surface area contributed by atoms with Gasteiger partial charge in [-0.1, -0.05) is 78.4 Å². The van der Waals surface area contributed by atoms with Gasteiger partial charge in [-0.3, -0.25) is 14.4 Å². The number of carbonyl (C=O) groups excluding carboxylic acids is 3. The highest BCUT2D eigenvalue weighted by Gasteiger charge is 2.72. The first-order valence-electron chi connectivity index (χ1n) is 14.1. The standard InChI is InChI=1S/C36H28FNO5/c1-20-11-13-21(14-12-20)32(39)31-30(26-9-6-10-28(42-2)33(26)43-3)36(34(40)24-7-4-5-8-25(24)35(36)41)29-18-15-22-19-23(37)16-17-27(22)38(29)31/h4-19,29-31H,1-3H3/t29-,30+,31-/m0/s1. The summed E-state index contributed by atoms with van der Waals surface area (Å²) in [4.78, 5) is 46.3. The second kappa shape index (κ2) is 9.76. The number of fused-ring (bicyclic) bond motifs is 5. The molecule has 3 aliphatic rings. The summed E-state index contributed by atoms with van der Waals surface area (Å²) in [5.74, 6) is -1.63. The van der Waals surface area contributed by atoms with Crippen LogP contribution in [-0.4, -0.2) is 43.7 Å². The molecule has 4 aromatic rings. The molecule has 0 N–H and O–H groups in total. The van der Waals surface area contributed by atoms with Gasteiger partial charge in [-0.05, 0) is 31.2 Å². The Hall–Kier alpha value is -5.04. The normalized spacial score (nSPS) is 21.0. The Bertz CT molecular complexity index is 1830. The Morgan fingerprint density at radius 2 is 1.56 bits per heavy atom. The molecule has 214 valence electrons. The zero-order valence-electron chi connectivity index (χ0n) is 23.8. The number of hydrogen-bond acceptors (Lipinski definition) is 6. The Morgan fingerprint density at radius 1 is 0.860 bits per heavy atom. The Kier molecular flexibility index (Phi) is 6.09. The Morgan fingerprint density at radius 3 is 2.21 bits per heavy atom. The molecule has 0 unspecified atom stereocenters. The van der Waals surface area contributed by atoms with Gasteiger partial charge in [0, 0.05) is 39.4 Å². The lowest BCUT2D eigenvalue weighted by molar-refractivity contribution is 0.0664. The predicted molar refractivity (Wildman–Crippen MR) is 161 cm³/mol. The quantitative estimate of drug-likeness (QED) is 0.201. The van der Waals surface area contributed by atoms with Gasteiger partial charge in [0.05, 0.1) is 20.3 Å². The van der Waals surface area contributed by atoms with Crippen LogP contribution in [0.2, 0.25) is 0 Å². The fourth-order valence-electron chi connectivity index (χ4n) is 7.34. The summed E-state index contributed by atoms with van der Waals surface area (Å²) in [5, 5.41) is 0. The average molecular weight is 574 g/mol. The number of anilines is 1. The molecule has 0 amide bonds. The van der Waals surface area contributed by atoms with Gasteiger partial charge >= 0.3 is 0 Å². The molecule has 1 saturated heterocycles. The molecule has 0 radical (unpaired) electrons. The second-order valence-corrected chi connectivity index (χ2v) is 11.2. The predicted octanol–water partition coefficient (Wildman–Crippen LogP) is 6.47. The van der Waals surface area contributed by atoms with Crippen molar-refractivity contribution in [2.45, 2.75) is 24.9 Å². The van der Waals surface area contributed by atoms with Gasteiger partial charge in [-0.2, -0.15) is 0 Å². The van der Waals surface area contributed by atoms with Gasteiger partial charge < -0.3 is 14.4 Å². The second-order valence-electron chi connectivity index (χ2n) is 11.2. The van der Waals surface area contributed by atoms with Crippen LogP contribution < -0.4 is 14.4 Å². The van der Waals surface area contributed by atoms with Crippen LogP contribution in [-0.2, 0) is 0 Å². The zero-order chi connectivity index (χ0) is 30.0. The summed E-state index contributed by atoms with van der Waals surface area (Å²) in [6.45, 7) is 1.94. The van der Waals surface area contributed by atoms with Gasteiger partial charge in [0.1, 0.15) is 17.3 Å². The minimum absolute atomic E-state index is 0.265. The molecule has 4 aromatic carbocycles. The van der Waals surface area contributed by atoms with E-state index >= 15 is 0 Å². The van der Waals surface area contributed by atoms with Crippen molar-refractivity contribution < 1.29 is 28.2 Å². The number of aryl methyl sites for hydroxylation is 1. The fraction of sp³-hybridized carbons (Fsp3) is 0.194. The lowest BCUT2D eigenvalue weighted by Crippen LogP contribution is -2.48. The van der Waals surface area contributed by atoms with E-state index in [1.54, 1.807) is 72.8 Å². The van der Waals surface area contributed by atoms with Crippen molar-refractivity contribution in [2.75, 3.05) is 19.1 Å². The summed E-state index contributed by atoms with van der Waals surface area (Å²) >= 11 is 0. The first kappa shape index (κ1) is 26.8. The molecule has 1 spiro atoms. The number of halogens is 1. The molecule has 0 saturated carbocycles. The van der Waals surface area contributed by atoms with Crippen molar-refractivity contribution in [3.05, 3.63) is 130 Å². The SMILES string of the molecule is COc1cccc([C@@H]2[C@@H](C(=O)c3ccc(C)cc3)N3c4ccc(F)cc4C=C[C@H]3C23C(=O)c2ccccc2C3=O)c1OC. The van der Waals surface area contributed by atoms with Crippen LogP contribution in [0.5, 0.6) is 11.5 Å². The highest BCUT2D eigenvalue weighted by atomic mass is 19.1. The first-order valence-corrected chi connectivity index (χ1v) is 14.1. The Labute approximate surface area is 248 Å². The number of nitrogens with zero attached hydrogens (tertiary/aromatic N) is 1. The molecule has 1 aliphatic carbocycles. The van der Waals surface area contributed by atoms with Gasteiger partial charge in [0.2, 0.25) is 0 Å². The molecule has 7 rings (SSSR count). The molecule has 0 aromatic heterocycles. The third-order valence-corrected chi connectivity index (χ3v) is 9.14. The van der Waals surface area contributed by atoms with Crippen molar-refractivity contribution in [2.24, 2.45) is 5.41 Å². The van der Waals surface area contributed by atoms with E-state index in [0.717, 1.165) is 5.56 Å². The molecule has 0 bridgehead atoms. The van der Waals surface area contributed by atoms with E-state index < -0.39 is 29.2 Å². The third kappa shape index (κ3) is 3.60. The topological polar surface area (TPSA) is 72.9 Å². The first-order chi connectivity index (χ1) is 20.8. The van der Waals surface area contributed by atoms with E-state index in [1.807, 2.05) is 24.0 Å². The molecule has 2 heterocycles. The molecule has 7 heteroatoms. The number of methoxy groups -OCH3 is 2. The highest BCUT2D eigenvalue weighted by Crippen LogP contribution is 2.62. The van der Waals surface area contributed by atoms with Crippen molar-refractivity contribution >= 4 is 29.1 Å². The summed E-state index contributed by atoms with van der Waals surface area (Å²) in [6.07, 6.45) is 3.51. The lowest BCUT2D eigenvalue weighted by Gasteiger charge is -2.37. The summed E-state index contributed by atoms with van der Waals surface area (Å²) in [7, 11) is 3.01. The molecular weight excluding hydrogens is 545 g/mol. The van der Waals surface area contributed by atoms with E-state index in [9.17, 15) is 18.8 Å². The van der Waals surface area contributed by atoms with Gasteiger partial charge in [-0.15, -0.1) is 0 Å². The smallest absolute Gasteiger partial charge is 0.185 e. The minimum atomic E-state index is -1.71. The molecular formula is C36H28FNO5. The van der Waals surface area contributed by atoms with Crippen LogP contribution >= 0.6 is 0 Å². The molecule has 3 atom stereocenters. The minimum Gasteiger partial charge on any atom is -0.493 e. The number of Topliss-reactive ketones (excluding diaryl/α,β-unsaturated/α-hetero) is 3. The van der Waals surface area contributed by atoms with Crippen LogP contribution in [0.4, 0.5) is 10.1 Å². The maximum atomic E-state index is 14.8. The molecule has 43 heavy (non-hydrogen) atoms. The maximum absolute atomic E-state index is 14.8. The number of carbonyl (C=O) groups is 3. The van der Waals surface area contributed by atoms with E-state index in [2.05, 4.69) is 0 Å². The van der Waals surface area contributed by atoms with E-state index in [0.29, 0.717) is 45.0 Å². The summed E-state index contributed by atoms with van der Waals surface area (Å²) in [6, 6.07) is 21.8. The van der Waals surface area contributed by atoms with Crippen LogP contribution in [0, 0.1) is 18.2 Å². The number of rotatable bonds is 5. The Balaban J connectivity index is 1.58. The summed E-state index contributed by atoms with van der Waals surface area (Å²) in [5.41, 5.74) is 1.99. The van der Waals surface area contributed by atoms with Crippen molar-refractivity contribution in [1.29, 1.82) is 0 Å². The number of benzene rings is 4. The highest BCUT2D eigenvalue weighted by molar-refractivity contribution is 6.32. The lowest BCUT2D eigenvalue weighted by atomic mass is 9.64.